The van der Waals surface area contributed by atoms with Crippen LogP contribution in [0.1, 0.15) is 18.1 Å². The van der Waals surface area contributed by atoms with Crippen molar-refractivity contribution in [2.45, 2.75) is 50.6 Å². The fourth-order valence-electron chi connectivity index (χ4n) is 3.17. The molecule has 1 unspecified atom stereocenters. The van der Waals surface area contributed by atoms with Crippen molar-refractivity contribution in [1.82, 2.24) is 4.90 Å². The first kappa shape index (κ1) is 30.8. The van der Waals surface area contributed by atoms with Crippen LogP contribution in [-0.2, 0) is 13.0 Å². The Morgan fingerprint density at radius 2 is 1.62 bits per heavy atom. The van der Waals surface area contributed by atoms with Crippen molar-refractivity contribution in [2.75, 3.05) is 19.7 Å². The minimum Gasteiger partial charge on any atom is -0.487 e. The molecule has 1 N–H and O–H groups in total. The number of aryl methyl sites for hydroxylation is 1. The summed E-state index contributed by atoms with van der Waals surface area (Å²) in [6.07, 6.45) is -16.9. The highest BCUT2D eigenvalue weighted by Crippen LogP contribution is 2.32. The quantitative estimate of drug-likeness (QED) is 0.278. The van der Waals surface area contributed by atoms with Gasteiger partial charge in [0.2, 0.25) is 0 Å². The van der Waals surface area contributed by atoms with Gasteiger partial charge in [-0.25, -0.2) is 8.78 Å². The Kier molecular flexibility index (Phi) is 10.4. The Hall–Kier alpha value is -2.38. The van der Waals surface area contributed by atoms with E-state index in [1.165, 1.54) is 24.3 Å². The highest BCUT2D eigenvalue weighted by molar-refractivity contribution is 6.31. The maximum absolute atomic E-state index is 14.7. The zero-order valence-corrected chi connectivity index (χ0v) is 20.0. The SMILES string of the molecule is CCc1cc(OCC(F)(F)CN(Cc2ccccc2OC(F)(F)C(F)F)CC(O)C(F)(F)F)ccc1Cl. The van der Waals surface area contributed by atoms with Gasteiger partial charge < -0.3 is 14.6 Å². The van der Waals surface area contributed by atoms with Crippen LogP contribution in [0.4, 0.5) is 39.5 Å². The lowest BCUT2D eigenvalue weighted by atomic mass is 10.1. The van der Waals surface area contributed by atoms with Crippen LogP contribution < -0.4 is 9.47 Å². The third kappa shape index (κ3) is 9.46. The van der Waals surface area contributed by atoms with Gasteiger partial charge in [0.25, 0.3) is 5.92 Å². The van der Waals surface area contributed by atoms with Crippen LogP contribution in [0.15, 0.2) is 42.5 Å². The van der Waals surface area contributed by atoms with Crippen molar-refractivity contribution in [3.63, 3.8) is 0 Å². The molecule has 14 heteroatoms. The predicted molar refractivity (Wildman–Crippen MR) is 117 cm³/mol. The Morgan fingerprint density at radius 3 is 2.22 bits per heavy atom. The molecule has 0 amide bonds. The van der Waals surface area contributed by atoms with Crippen molar-refractivity contribution in [3.8, 4) is 11.5 Å². The van der Waals surface area contributed by atoms with Crippen LogP contribution in [0.2, 0.25) is 5.02 Å². The van der Waals surface area contributed by atoms with E-state index in [2.05, 4.69) is 4.74 Å². The van der Waals surface area contributed by atoms with Gasteiger partial charge >= 0.3 is 18.7 Å². The summed E-state index contributed by atoms with van der Waals surface area (Å²) in [6.45, 7) is -3.17. The number of aliphatic hydroxyl groups is 1. The average Bonchev–Trinajstić information content (AvgIpc) is 2.78. The van der Waals surface area contributed by atoms with E-state index in [0.29, 0.717) is 21.9 Å². The van der Waals surface area contributed by atoms with Crippen molar-refractivity contribution in [2.24, 2.45) is 0 Å². The summed E-state index contributed by atoms with van der Waals surface area (Å²) in [7, 11) is 0. The summed E-state index contributed by atoms with van der Waals surface area (Å²) in [6, 6.07) is 8.35. The van der Waals surface area contributed by atoms with E-state index >= 15 is 0 Å². The van der Waals surface area contributed by atoms with Crippen molar-refractivity contribution >= 4 is 11.6 Å². The summed E-state index contributed by atoms with van der Waals surface area (Å²) < 4.78 is 129. The second-order valence-electron chi connectivity index (χ2n) is 8.05. The molecule has 2 rings (SSSR count). The maximum Gasteiger partial charge on any atom is 0.461 e. The summed E-state index contributed by atoms with van der Waals surface area (Å²) in [4.78, 5) is 0.434. The third-order valence-electron chi connectivity index (χ3n) is 4.98. The molecule has 2 aromatic rings. The van der Waals surface area contributed by atoms with Crippen LogP contribution in [-0.4, -0.2) is 60.4 Å². The lowest BCUT2D eigenvalue weighted by Gasteiger charge is -2.30. The summed E-state index contributed by atoms with van der Waals surface area (Å²) in [5.74, 6) is -4.62. The largest absolute Gasteiger partial charge is 0.487 e. The molecule has 0 aliphatic carbocycles. The number of ether oxygens (including phenoxy) is 2. The molecule has 0 bridgehead atoms. The Labute approximate surface area is 211 Å². The Balaban J connectivity index is 2.24. The molecule has 37 heavy (non-hydrogen) atoms. The topological polar surface area (TPSA) is 41.9 Å². The van der Waals surface area contributed by atoms with E-state index in [0.717, 1.165) is 18.2 Å². The number of benzene rings is 2. The molecule has 0 aliphatic heterocycles. The van der Waals surface area contributed by atoms with E-state index in [4.69, 9.17) is 16.3 Å². The van der Waals surface area contributed by atoms with Crippen LogP contribution >= 0.6 is 11.6 Å². The lowest BCUT2D eigenvalue weighted by Crippen LogP contribution is -2.47. The van der Waals surface area contributed by atoms with E-state index in [-0.39, 0.29) is 11.3 Å². The van der Waals surface area contributed by atoms with E-state index in [9.17, 15) is 44.6 Å². The van der Waals surface area contributed by atoms with E-state index in [1.807, 2.05) is 0 Å². The Bertz CT molecular complexity index is 1020. The molecule has 1 atom stereocenters. The van der Waals surface area contributed by atoms with E-state index < -0.39 is 62.7 Å². The van der Waals surface area contributed by atoms with Gasteiger partial charge in [-0.1, -0.05) is 36.7 Å². The standard InChI is InChI=1S/C23H23ClF9NO3/c1-2-14-9-16(7-8-17(14)24)36-13-21(27,28)12-34(11-19(35)22(29,30)31)10-15-5-3-4-6-18(15)37-23(32,33)20(25)26/h3-9,19-20,35H,2,10-13H2,1H3. The molecular weight excluding hydrogens is 545 g/mol. The number of alkyl halides is 9. The molecule has 4 nitrogen and oxygen atoms in total. The molecule has 0 aliphatic rings. The zero-order chi connectivity index (χ0) is 28.0. The normalized spacial score (nSPS) is 13.8. The van der Waals surface area contributed by atoms with Crippen LogP contribution in [0.5, 0.6) is 11.5 Å². The number of rotatable bonds is 13. The fourth-order valence-corrected chi connectivity index (χ4v) is 3.42. The first-order chi connectivity index (χ1) is 17.0. The number of hydrogen-bond donors (Lipinski definition) is 1. The molecule has 0 aromatic heterocycles. The summed E-state index contributed by atoms with van der Waals surface area (Å²) in [5.41, 5.74) is 0.217. The molecule has 0 saturated heterocycles. The second-order valence-corrected chi connectivity index (χ2v) is 8.46. The highest BCUT2D eigenvalue weighted by Gasteiger charge is 2.45. The van der Waals surface area contributed by atoms with Crippen LogP contribution in [0.3, 0.4) is 0 Å². The summed E-state index contributed by atoms with van der Waals surface area (Å²) in [5, 5.41) is 9.83. The zero-order valence-electron chi connectivity index (χ0n) is 19.2. The molecule has 2 aromatic carbocycles. The smallest absolute Gasteiger partial charge is 0.461 e. The fraction of sp³-hybridized carbons (Fsp3) is 0.478. The number of para-hydroxylation sites is 1. The minimum atomic E-state index is -5.18. The number of aliphatic hydroxyl groups excluding tert-OH is 1. The number of nitrogens with zero attached hydrogens (tertiary/aromatic N) is 1. The first-order valence-electron chi connectivity index (χ1n) is 10.7. The van der Waals surface area contributed by atoms with Crippen molar-refractivity contribution in [1.29, 1.82) is 0 Å². The summed E-state index contributed by atoms with van der Waals surface area (Å²) >= 11 is 5.96. The molecule has 208 valence electrons. The van der Waals surface area contributed by atoms with Gasteiger partial charge in [0.15, 0.2) is 12.7 Å². The number of halogens is 10. The van der Waals surface area contributed by atoms with E-state index in [1.54, 1.807) is 6.92 Å². The van der Waals surface area contributed by atoms with Gasteiger partial charge in [0, 0.05) is 23.7 Å². The predicted octanol–water partition coefficient (Wildman–Crippen LogP) is 6.58. The monoisotopic (exact) mass is 567 g/mol. The molecule has 0 saturated carbocycles. The maximum atomic E-state index is 14.7. The average molecular weight is 568 g/mol. The minimum absolute atomic E-state index is 0.0239. The molecule has 0 radical (unpaired) electrons. The second kappa shape index (κ2) is 12.4. The molecule has 0 heterocycles. The van der Waals surface area contributed by atoms with Gasteiger partial charge in [-0.15, -0.1) is 0 Å². The van der Waals surface area contributed by atoms with Crippen LogP contribution in [0, 0.1) is 0 Å². The third-order valence-corrected chi connectivity index (χ3v) is 5.35. The van der Waals surface area contributed by atoms with Crippen LogP contribution in [0.25, 0.3) is 0 Å². The Morgan fingerprint density at radius 1 is 0.973 bits per heavy atom. The molecule has 0 fully saturated rings. The lowest BCUT2D eigenvalue weighted by molar-refractivity contribution is -0.253. The van der Waals surface area contributed by atoms with Crippen molar-refractivity contribution in [3.05, 3.63) is 58.6 Å². The molecular formula is C23H23ClF9NO3. The van der Waals surface area contributed by atoms with Gasteiger partial charge in [0.05, 0.1) is 6.54 Å². The highest BCUT2D eigenvalue weighted by atomic mass is 35.5. The van der Waals surface area contributed by atoms with Gasteiger partial charge in [0.1, 0.15) is 11.5 Å². The van der Waals surface area contributed by atoms with Gasteiger partial charge in [-0.3, -0.25) is 4.90 Å². The van der Waals surface area contributed by atoms with Gasteiger partial charge in [-0.05, 0) is 36.2 Å². The first-order valence-corrected chi connectivity index (χ1v) is 11.1. The van der Waals surface area contributed by atoms with Gasteiger partial charge in [-0.2, -0.15) is 30.7 Å². The molecule has 0 spiro atoms. The van der Waals surface area contributed by atoms with Crippen molar-refractivity contribution < 1.29 is 54.1 Å². The number of hydrogen-bond acceptors (Lipinski definition) is 4.